The Bertz CT molecular complexity index is 138. The molecule has 1 amide bonds. The minimum Gasteiger partial charge on any atom is -0.480 e. The molecule has 60 valence electrons. The highest BCUT2D eigenvalue weighted by atomic mass is 28.1. The van der Waals surface area contributed by atoms with Crippen LogP contribution in [0.3, 0.4) is 0 Å². The quantitative estimate of drug-likeness (QED) is 0.382. The Morgan fingerprint density at radius 1 is 1.50 bits per heavy atom. The maximum atomic E-state index is 9.99. The summed E-state index contributed by atoms with van der Waals surface area (Å²) in [6.45, 7) is 0. The molecule has 0 radical (unpaired) electrons. The molecule has 0 saturated heterocycles. The van der Waals surface area contributed by atoms with Crippen LogP contribution in [0.1, 0.15) is 6.42 Å². The van der Waals surface area contributed by atoms with E-state index in [0.717, 1.165) is 0 Å². The number of rotatable bonds is 3. The van der Waals surface area contributed by atoms with Crippen LogP contribution >= 0.6 is 0 Å². The van der Waals surface area contributed by atoms with Gasteiger partial charge in [0.1, 0.15) is 6.04 Å². The zero-order valence-corrected chi connectivity index (χ0v) is 4.70. The van der Waals surface area contributed by atoms with Gasteiger partial charge in [-0.2, -0.15) is 0 Å². The summed E-state index contributed by atoms with van der Waals surface area (Å²) < 4.78 is 0. The second-order valence-corrected chi connectivity index (χ2v) is 1.62. The highest BCUT2D eigenvalue weighted by Gasteiger charge is 2.13. The van der Waals surface area contributed by atoms with Crippen molar-refractivity contribution in [2.75, 3.05) is 0 Å². The molecule has 5 N–H and O–H groups in total. The van der Waals surface area contributed by atoms with Crippen LogP contribution < -0.4 is 11.5 Å². The van der Waals surface area contributed by atoms with Gasteiger partial charge in [0.15, 0.2) is 0 Å². The summed E-state index contributed by atoms with van der Waals surface area (Å²) in [6.07, 6.45) is -0.310. The van der Waals surface area contributed by atoms with Crippen molar-refractivity contribution in [1.82, 2.24) is 0 Å². The average molecular weight is 164 g/mol. The van der Waals surface area contributed by atoms with Crippen LogP contribution in [0.15, 0.2) is 0 Å². The van der Waals surface area contributed by atoms with Gasteiger partial charge in [0.25, 0.3) is 0 Å². The maximum Gasteiger partial charge on any atom is 0.321 e. The first-order valence-corrected chi connectivity index (χ1v) is 2.30. The van der Waals surface area contributed by atoms with Gasteiger partial charge in [-0.1, -0.05) is 0 Å². The van der Waals surface area contributed by atoms with Crippen LogP contribution in [0.25, 0.3) is 0 Å². The topological polar surface area (TPSA) is 106 Å². The fraction of sp³-hybridized carbons (Fsp3) is 0.500. The Balaban J connectivity index is 0. The van der Waals surface area contributed by atoms with Gasteiger partial charge in [-0.3, -0.25) is 9.59 Å². The molecule has 5 nitrogen and oxygen atoms in total. The summed E-state index contributed by atoms with van der Waals surface area (Å²) in [4.78, 5) is 19.9. The molecule has 0 fully saturated rings. The van der Waals surface area contributed by atoms with E-state index in [9.17, 15) is 9.59 Å². The van der Waals surface area contributed by atoms with Crippen molar-refractivity contribution >= 4 is 22.8 Å². The first-order valence-electron chi connectivity index (χ1n) is 2.30. The van der Waals surface area contributed by atoms with Gasteiger partial charge < -0.3 is 16.6 Å². The number of hydrogen-bond acceptors (Lipinski definition) is 3. The summed E-state index contributed by atoms with van der Waals surface area (Å²) in [6, 6.07) is -1.16. The molecule has 1 unspecified atom stereocenters. The summed E-state index contributed by atoms with van der Waals surface area (Å²) >= 11 is 0. The molecular weight excluding hydrogens is 152 g/mol. The zero-order valence-electron chi connectivity index (χ0n) is 4.70. The molecule has 0 saturated carbocycles. The van der Waals surface area contributed by atoms with Crippen molar-refractivity contribution in [3.8, 4) is 0 Å². The van der Waals surface area contributed by atoms with Crippen molar-refractivity contribution in [1.29, 1.82) is 0 Å². The largest absolute Gasteiger partial charge is 0.480 e. The monoisotopic (exact) mass is 164 g/mol. The summed E-state index contributed by atoms with van der Waals surface area (Å²) in [5.41, 5.74) is 9.57. The molecule has 10 heavy (non-hydrogen) atoms. The molecule has 6 heteroatoms. The number of nitrogens with two attached hydrogens (primary N) is 2. The van der Waals surface area contributed by atoms with E-state index in [1.54, 1.807) is 0 Å². The molecular formula is C4H12N2O3Si. The number of amides is 1. The molecule has 1 atom stereocenters. The summed E-state index contributed by atoms with van der Waals surface area (Å²) in [5.74, 6) is -1.92. The standard InChI is InChI=1S/C4H8N2O3.H4Si/c5-2(4(8)9)1-3(6)7;/h2H,1,5H2,(H2,6,7)(H,8,9);1H4. The van der Waals surface area contributed by atoms with Gasteiger partial charge in [-0.05, 0) is 11.0 Å². The third kappa shape index (κ3) is 5.26. The van der Waals surface area contributed by atoms with E-state index in [2.05, 4.69) is 5.73 Å². The van der Waals surface area contributed by atoms with Crippen LogP contribution in [-0.4, -0.2) is 34.0 Å². The van der Waals surface area contributed by atoms with E-state index in [4.69, 9.17) is 10.8 Å². The van der Waals surface area contributed by atoms with E-state index in [1.165, 1.54) is 0 Å². The predicted molar refractivity (Wildman–Crippen MR) is 40.8 cm³/mol. The van der Waals surface area contributed by atoms with Crippen LogP contribution in [-0.2, 0) is 9.59 Å². The summed E-state index contributed by atoms with van der Waals surface area (Å²) in [7, 11) is 0. The van der Waals surface area contributed by atoms with Gasteiger partial charge in [-0.25, -0.2) is 0 Å². The number of aliphatic carboxylic acids is 1. The molecule has 0 aromatic carbocycles. The second-order valence-electron chi connectivity index (χ2n) is 1.62. The Kier molecular flexibility index (Phi) is 5.87. The second kappa shape index (κ2) is 4.95. The van der Waals surface area contributed by atoms with E-state index in [1.807, 2.05) is 0 Å². The summed E-state index contributed by atoms with van der Waals surface area (Å²) in [5, 5.41) is 8.10. The van der Waals surface area contributed by atoms with Crippen LogP contribution in [0.5, 0.6) is 0 Å². The lowest BCUT2D eigenvalue weighted by atomic mass is 10.2. The number of carbonyl (C=O) groups excluding carboxylic acids is 1. The third-order valence-electron chi connectivity index (χ3n) is 0.738. The Hall–Kier alpha value is -0.883. The minimum atomic E-state index is -1.21. The van der Waals surface area contributed by atoms with Crippen molar-refractivity contribution in [2.24, 2.45) is 11.5 Å². The number of carbonyl (C=O) groups is 2. The molecule has 0 aromatic heterocycles. The predicted octanol–water partition coefficient (Wildman–Crippen LogP) is -3.18. The maximum absolute atomic E-state index is 9.99. The van der Waals surface area contributed by atoms with E-state index >= 15 is 0 Å². The molecule has 0 aliphatic rings. The van der Waals surface area contributed by atoms with Crippen molar-refractivity contribution in [3.05, 3.63) is 0 Å². The van der Waals surface area contributed by atoms with Crippen LogP contribution in [0.4, 0.5) is 0 Å². The fourth-order valence-corrected chi connectivity index (χ4v) is 0.304. The number of hydrogen-bond donors (Lipinski definition) is 3. The van der Waals surface area contributed by atoms with Crippen LogP contribution in [0, 0.1) is 0 Å². The van der Waals surface area contributed by atoms with Gasteiger partial charge in [0.05, 0.1) is 6.42 Å². The molecule has 0 aromatic rings. The van der Waals surface area contributed by atoms with E-state index in [0.29, 0.717) is 0 Å². The highest BCUT2D eigenvalue weighted by molar-refractivity contribution is 5.83. The van der Waals surface area contributed by atoms with Crippen LogP contribution in [0.2, 0.25) is 0 Å². The average Bonchev–Trinajstić information content (AvgIpc) is 1.63. The van der Waals surface area contributed by atoms with Gasteiger partial charge in [0.2, 0.25) is 5.91 Å². The highest BCUT2D eigenvalue weighted by Crippen LogP contribution is 1.84. The lowest BCUT2D eigenvalue weighted by Gasteiger charge is -1.99. The molecule has 0 heterocycles. The molecule has 0 bridgehead atoms. The van der Waals surface area contributed by atoms with Gasteiger partial charge >= 0.3 is 5.97 Å². The third-order valence-corrected chi connectivity index (χ3v) is 0.738. The number of primary amides is 1. The molecule has 0 aliphatic heterocycles. The minimum absolute atomic E-state index is 0. The van der Waals surface area contributed by atoms with E-state index < -0.39 is 17.9 Å². The molecule has 0 aliphatic carbocycles. The first kappa shape index (κ1) is 11.9. The zero-order chi connectivity index (χ0) is 7.44. The molecule has 0 rings (SSSR count). The lowest BCUT2D eigenvalue weighted by molar-refractivity contribution is -0.140. The SMILES string of the molecule is NC(=O)CC(N)C(=O)O.[SiH4]. The lowest BCUT2D eigenvalue weighted by Crippen LogP contribution is -2.34. The van der Waals surface area contributed by atoms with Gasteiger partial charge in [0, 0.05) is 0 Å². The van der Waals surface area contributed by atoms with Gasteiger partial charge in [-0.15, -0.1) is 0 Å². The number of carboxylic acid groups (broad SMARTS) is 1. The normalized spacial score (nSPS) is 11.3. The first-order chi connectivity index (χ1) is 4.04. The van der Waals surface area contributed by atoms with Crippen molar-refractivity contribution in [3.63, 3.8) is 0 Å². The number of carboxylic acids is 1. The van der Waals surface area contributed by atoms with Crippen molar-refractivity contribution < 1.29 is 14.7 Å². The van der Waals surface area contributed by atoms with Crippen molar-refractivity contribution in [2.45, 2.75) is 12.5 Å². The Morgan fingerprint density at radius 2 is 1.90 bits per heavy atom. The fourth-order valence-electron chi connectivity index (χ4n) is 0.304. The molecule has 0 spiro atoms. The van der Waals surface area contributed by atoms with E-state index in [-0.39, 0.29) is 17.4 Å². The smallest absolute Gasteiger partial charge is 0.321 e. The Morgan fingerprint density at radius 3 is 2.00 bits per heavy atom. The Labute approximate surface area is 62.4 Å².